The molecule has 1 N–H and O–H groups in total. The Bertz CT molecular complexity index is 1050. The van der Waals surface area contributed by atoms with E-state index in [1.807, 2.05) is 0 Å². The Labute approximate surface area is 163 Å². The minimum Gasteiger partial charge on any atom is -0.492 e. The first-order valence-electron chi connectivity index (χ1n) is 7.93. The average molecular weight is 429 g/mol. The molecule has 0 fully saturated rings. The smallest absolute Gasteiger partial charge is 0.270 e. The van der Waals surface area contributed by atoms with Crippen molar-refractivity contribution in [1.82, 2.24) is 9.03 Å². The van der Waals surface area contributed by atoms with Crippen molar-refractivity contribution in [3.05, 3.63) is 58.6 Å². The molecular formula is C16H19N3O7S2. The lowest BCUT2D eigenvalue weighted by molar-refractivity contribution is -0.385. The molecule has 0 atom stereocenters. The molecule has 0 aliphatic heterocycles. The van der Waals surface area contributed by atoms with Crippen LogP contribution in [0.2, 0.25) is 0 Å². The highest BCUT2D eigenvalue weighted by molar-refractivity contribution is 7.89. The fourth-order valence-corrected chi connectivity index (χ4v) is 4.07. The van der Waals surface area contributed by atoms with Crippen LogP contribution in [0.3, 0.4) is 0 Å². The highest BCUT2D eigenvalue weighted by Crippen LogP contribution is 2.19. The summed E-state index contributed by atoms with van der Waals surface area (Å²) in [5.74, 6) is 0.368. The quantitative estimate of drug-likeness (QED) is 0.359. The number of sulfonamides is 2. The zero-order valence-corrected chi connectivity index (χ0v) is 16.7. The van der Waals surface area contributed by atoms with Crippen molar-refractivity contribution in [1.29, 1.82) is 0 Å². The summed E-state index contributed by atoms with van der Waals surface area (Å²) in [5.41, 5.74) is -0.327. The van der Waals surface area contributed by atoms with E-state index in [9.17, 15) is 26.9 Å². The predicted octanol–water partition coefficient (Wildman–Crippen LogP) is 1.20. The number of rotatable bonds is 9. The number of ether oxygens (including phenoxy) is 1. The van der Waals surface area contributed by atoms with Crippen molar-refractivity contribution < 1.29 is 26.5 Å². The fourth-order valence-electron chi connectivity index (χ4n) is 2.11. The zero-order valence-electron chi connectivity index (χ0n) is 15.1. The average Bonchev–Trinajstić information content (AvgIpc) is 2.65. The van der Waals surface area contributed by atoms with Crippen molar-refractivity contribution in [3.8, 4) is 5.75 Å². The fraction of sp³-hybridized carbons (Fsp3) is 0.250. The molecule has 0 bridgehead atoms. The lowest BCUT2D eigenvalue weighted by Gasteiger charge is -2.12. The molecule has 12 heteroatoms. The van der Waals surface area contributed by atoms with Gasteiger partial charge in [0.15, 0.2) is 0 Å². The van der Waals surface area contributed by atoms with Crippen LogP contribution in [0.1, 0.15) is 0 Å². The first kappa shape index (κ1) is 21.8. The van der Waals surface area contributed by atoms with Gasteiger partial charge in [-0.2, -0.15) is 0 Å². The number of nitro benzene ring substituents is 1. The van der Waals surface area contributed by atoms with Gasteiger partial charge in [0.05, 0.1) is 14.7 Å². The molecule has 0 heterocycles. The highest BCUT2D eigenvalue weighted by Gasteiger charge is 2.18. The van der Waals surface area contributed by atoms with Crippen LogP contribution in [0.4, 0.5) is 5.69 Å². The standard InChI is InChI=1S/C16H19N3O7S2/c1-18(2)28(24,25)15-8-6-14(7-9-15)26-11-10-17-27(22,23)16-5-3-4-13(12-16)19(20)21/h3-9,12,17H,10-11H2,1-2H3. The van der Waals surface area contributed by atoms with Crippen molar-refractivity contribution in [2.45, 2.75) is 9.79 Å². The maximum absolute atomic E-state index is 12.2. The maximum atomic E-state index is 12.2. The third-order valence-corrected chi connectivity index (χ3v) is 6.89. The number of nitrogens with one attached hydrogen (secondary N) is 1. The van der Waals surface area contributed by atoms with Gasteiger partial charge in [-0.25, -0.2) is 25.9 Å². The Morgan fingerprint density at radius 1 is 1.04 bits per heavy atom. The van der Waals surface area contributed by atoms with Crippen molar-refractivity contribution in [3.63, 3.8) is 0 Å². The predicted molar refractivity (Wildman–Crippen MR) is 101 cm³/mol. The second kappa shape index (κ2) is 8.65. The van der Waals surface area contributed by atoms with Crippen molar-refractivity contribution >= 4 is 25.7 Å². The van der Waals surface area contributed by atoms with Gasteiger partial charge in [-0.05, 0) is 30.3 Å². The molecule has 0 aliphatic carbocycles. The molecule has 2 rings (SSSR count). The number of hydrogen-bond donors (Lipinski definition) is 1. The number of benzene rings is 2. The molecule has 0 aliphatic rings. The SMILES string of the molecule is CN(C)S(=O)(=O)c1ccc(OCCNS(=O)(=O)c2cccc([N+](=O)[O-])c2)cc1. The summed E-state index contributed by atoms with van der Waals surface area (Å²) >= 11 is 0. The number of hydrogen-bond acceptors (Lipinski definition) is 7. The second-order valence-corrected chi connectivity index (χ2v) is 9.68. The molecule has 0 saturated heterocycles. The Balaban J connectivity index is 1.93. The molecule has 0 saturated carbocycles. The molecule has 0 amide bonds. The third kappa shape index (κ3) is 5.25. The van der Waals surface area contributed by atoms with Crippen LogP contribution >= 0.6 is 0 Å². The van der Waals surface area contributed by atoms with Gasteiger partial charge < -0.3 is 4.74 Å². The molecule has 0 radical (unpaired) electrons. The Hall–Kier alpha value is -2.54. The Morgan fingerprint density at radius 2 is 1.68 bits per heavy atom. The first-order chi connectivity index (χ1) is 13.0. The van der Waals surface area contributed by atoms with Gasteiger partial charge in [-0.15, -0.1) is 0 Å². The molecule has 10 nitrogen and oxygen atoms in total. The summed E-state index contributed by atoms with van der Waals surface area (Å²) in [7, 11) is -4.62. The van der Waals surface area contributed by atoms with E-state index in [0.717, 1.165) is 10.4 Å². The van der Waals surface area contributed by atoms with Crippen molar-refractivity contribution in [2.24, 2.45) is 0 Å². The van der Waals surface area contributed by atoms with Gasteiger partial charge >= 0.3 is 0 Å². The van der Waals surface area contributed by atoms with E-state index < -0.39 is 25.0 Å². The van der Waals surface area contributed by atoms with Crippen LogP contribution in [0.15, 0.2) is 58.3 Å². The maximum Gasteiger partial charge on any atom is 0.270 e. The number of nitrogens with zero attached hydrogens (tertiary/aromatic N) is 2. The summed E-state index contributed by atoms with van der Waals surface area (Å²) in [5, 5.41) is 10.8. The van der Waals surface area contributed by atoms with E-state index in [1.54, 1.807) is 0 Å². The molecule has 28 heavy (non-hydrogen) atoms. The van der Waals surface area contributed by atoms with Gasteiger partial charge in [-0.3, -0.25) is 10.1 Å². The summed E-state index contributed by atoms with van der Waals surface area (Å²) < 4.78 is 57.1. The zero-order chi connectivity index (χ0) is 20.9. The number of nitro groups is 1. The van der Waals surface area contributed by atoms with Gasteiger partial charge in [0.25, 0.3) is 5.69 Å². The summed E-state index contributed by atoms with van der Waals surface area (Å²) in [6.45, 7) is -0.100. The summed E-state index contributed by atoms with van der Waals surface area (Å²) in [4.78, 5) is 9.96. The molecule has 0 aromatic heterocycles. The highest BCUT2D eigenvalue weighted by atomic mass is 32.2. The summed E-state index contributed by atoms with van der Waals surface area (Å²) in [6.07, 6.45) is 0. The molecule has 0 unspecified atom stereocenters. The molecular weight excluding hydrogens is 410 g/mol. The van der Waals surface area contributed by atoms with Crippen LogP contribution in [-0.4, -0.2) is 53.3 Å². The van der Waals surface area contributed by atoms with E-state index in [0.29, 0.717) is 5.75 Å². The van der Waals surface area contributed by atoms with Gasteiger partial charge in [0, 0.05) is 32.8 Å². The number of non-ortho nitro benzene ring substituents is 1. The Morgan fingerprint density at radius 3 is 2.25 bits per heavy atom. The van der Waals surface area contributed by atoms with Crippen LogP contribution < -0.4 is 9.46 Å². The molecule has 0 spiro atoms. The molecule has 2 aromatic carbocycles. The van der Waals surface area contributed by atoms with E-state index in [-0.39, 0.29) is 28.6 Å². The topological polar surface area (TPSA) is 136 Å². The second-order valence-electron chi connectivity index (χ2n) is 5.76. The van der Waals surface area contributed by atoms with Gasteiger partial charge in [0.2, 0.25) is 20.0 Å². The third-order valence-electron chi connectivity index (χ3n) is 3.60. The van der Waals surface area contributed by atoms with Crippen molar-refractivity contribution in [2.75, 3.05) is 27.2 Å². The largest absolute Gasteiger partial charge is 0.492 e. The van der Waals surface area contributed by atoms with E-state index in [2.05, 4.69) is 4.72 Å². The van der Waals surface area contributed by atoms with Crippen LogP contribution in [0.25, 0.3) is 0 Å². The summed E-state index contributed by atoms with van der Waals surface area (Å²) in [6, 6.07) is 10.4. The molecule has 152 valence electrons. The normalized spacial score (nSPS) is 12.1. The Kier molecular flexibility index (Phi) is 6.72. The molecule has 2 aromatic rings. The van der Waals surface area contributed by atoms with E-state index in [4.69, 9.17) is 4.74 Å². The lowest BCUT2D eigenvalue weighted by atomic mass is 10.3. The minimum atomic E-state index is -3.93. The van der Waals surface area contributed by atoms with Gasteiger partial charge in [0.1, 0.15) is 12.4 Å². The van der Waals surface area contributed by atoms with E-state index >= 15 is 0 Å². The lowest BCUT2D eigenvalue weighted by Crippen LogP contribution is -2.28. The minimum absolute atomic E-state index is 0.0199. The van der Waals surface area contributed by atoms with Crippen LogP contribution in [-0.2, 0) is 20.0 Å². The van der Waals surface area contributed by atoms with Gasteiger partial charge in [-0.1, -0.05) is 6.07 Å². The van der Waals surface area contributed by atoms with E-state index in [1.165, 1.54) is 56.6 Å². The van der Waals surface area contributed by atoms with Crippen LogP contribution in [0, 0.1) is 10.1 Å². The monoisotopic (exact) mass is 429 g/mol. The first-order valence-corrected chi connectivity index (χ1v) is 10.9. The van der Waals surface area contributed by atoms with Crippen LogP contribution in [0.5, 0.6) is 5.75 Å².